The Balaban J connectivity index is 1.65. The standard InChI is InChI=1S/C19H26N4O3/c1-12-4-5-13(2)15(10-12)14(3)21-16(24)11-23-17(25)19(22-18(23)26)6-8-20-9-7-19/h4-5,10,14,20H,6-9,11H2,1-3H3,(H,21,24)(H,22,26)/t14-/m0/s1. The highest BCUT2D eigenvalue weighted by atomic mass is 16.2. The Morgan fingerprint density at radius 2 is 1.96 bits per heavy atom. The summed E-state index contributed by atoms with van der Waals surface area (Å²) in [5, 5.41) is 8.87. The van der Waals surface area contributed by atoms with Crippen LogP contribution in [0.3, 0.4) is 0 Å². The Hall–Kier alpha value is -2.41. The summed E-state index contributed by atoms with van der Waals surface area (Å²) < 4.78 is 0. The van der Waals surface area contributed by atoms with Gasteiger partial charge in [0.25, 0.3) is 5.91 Å². The summed E-state index contributed by atoms with van der Waals surface area (Å²) >= 11 is 0. The van der Waals surface area contributed by atoms with Crippen LogP contribution >= 0.6 is 0 Å². The molecule has 1 aromatic carbocycles. The molecule has 140 valence electrons. The summed E-state index contributed by atoms with van der Waals surface area (Å²) in [4.78, 5) is 38.4. The van der Waals surface area contributed by atoms with E-state index in [4.69, 9.17) is 0 Å². The highest BCUT2D eigenvalue weighted by Gasteiger charge is 2.51. The molecule has 0 bridgehead atoms. The van der Waals surface area contributed by atoms with E-state index in [0.29, 0.717) is 25.9 Å². The van der Waals surface area contributed by atoms with Crippen molar-refractivity contribution in [2.24, 2.45) is 0 Å². The Kier molecular flexibility index (Phi) is 5.00. The van der Waals surface area contributed by atoms with Gasteiger partial charge in [-0.15, -0.1) is 0 Å². The zero-order chi connectivity index (χ0) is 18.9. The SMILES string of the molecule is Cc1ccc(C)c([C@H](C)NC(=O)CN2C(=O)NC3(CCNCC3)C2=O)c1. The van der Waals surface area contributed by atoms with Crippen molar-refractivity contribution >= 4 is 17.8 Å². The second kappa shape index (κ2) is 7.07. The zero-order valence-corrected chi connectivity index (χ0v) is 15.5. The number of benzene rings is 1. The van der Waals surface area contributed by atoms with Gasteiger partial charge < -0.3 is 16.0 Å². The van der Waals surface area contributed by atoms with Gasteiger partial charge in [0, 0.05) is 0 Å². The van der Waals surface area contributed by atoms with Crippen LogP contribution in [0, 0.1) is 13.8 Å². The topological polar surface area (TPSA) is 90.5 Å². The molecule has 4 amide bonds. The van der Waals surface area contributed by atoms with Crippen molar-refractivity contribution in [2.75, 3.05) is 19.6 Å². The first kappa shape index (κ1) is 18.4. The van der Waals surface area contributed by atoms with Gasteiger partial charge in [0.2, 0.25) is 5.91 Å². The molecule has 0 aliphatic carbocycles. The maximum absolute atomic E-state index is 12.7. The van der Waals surface area contributed by atoms with E-state index in [0.717, 1.165) is 21.6 Å². The smallest absolute Gasteiger partial charge is 0.325 e. The highest BCUT2D eigenvalue weighted by Crippen LogP contribution is 2.27. The molecule has 0 saturated carbocycles. The maximum Gasteiger partial charge on any atom is 0.325 e. The molecule has 1 spiro atoms. The number of urea groups is 1. The molecule has 26 heavy (non-hydrogen) atoms. The van der Waals surface area contributed by atoms with Crippen molar-refractivity contribution in [3.05, 3.63) is 34.9 Å². The molecule has 2 aliphatic rings. The van der Waals surface area contributed by atoms with Crippen molar-refractivity contribution in [1.82, 2.24) is 20.9 Å². The fraction of sp³-hybridized carbons (Fsp3) is 0.526. The van der Waals surface area contributed by atoms with Gasteiger partial charge in [-0.1, -0.05) is 23.8 Å². The minimum atomic E-state index is -0.846. The van der Waals surface area contributed by atoms with Gasteiger partial charge in [-0.05, 0) is 57.8 Å². The predicted octanol–water partition coefficient (Wildman–Crippen LogP) is 1.15. The van der Waals surface area contributed by atoms with E-state index in [-0.39, 0.29) is 24.4 Å². The van der Waals surface area contributed by atoms with E-state index < -0.39 is 11.6 Å². The third kappa shape index (κ3) is 3.44. The summed E-state index contributed by atoms with van der Waals surface area (Å²) in [6.07, 6.45) is 1.10. The average Bonchev–Trinajstić information content (AvgIpc) is 2.81. The predicted molar refractivity (Wildman–Crippen MR) is 97.6 cm³/mol. The Morgan fingerprint density at radius 3 is 2.65 bits per heavy atom. The monoisotopic (exact) mass is 358 g/mol. The van der Waals surface area contributed by atoms with Gasteiger partial charge in [-0.25, -0.2) is 4.79 Å². The number of piperidine rings is 1. The quantitative estimate of drug-likeness (QED) is 0.705. The first-order chi connectivity index (χ1) is 12.3. The third-order valence-electron chi connectivity index (χ3n) is 5.28. The van der Waals surface area contributed by atoms with Crippen LogP contribution in [0.4, 0.5) is 4.79 Å². The fourth-order valence-corrected chi connectivity index (χ4v) is 3.75. The molecule has 1 atom stereocenters. The van der Waals surface area contributed by atoms with Crippen LogP contribution in [-0.2, 0) is 9.59 Å². The van der Waals surface area contributed by atoms with E-state index in [1.165, 1.54) is 0 Å². The number of nitrogens with one attached hydrogen (secondary N) is 3. The average molecular weight is 358 g/mol. The normalized spacial score (nSPS) is 20.2. The van der Waals surface area contributed by atoms with Gasteiger partial charge in [0.15, 0.2) is 0 Å². The number of amides is 4. The van der Waals surface area contributed by atoms with Crippen molar-refractivity contribution in [3.63, 3.8) is 0 Å². The van der Waals surface area contributed by atoms with Crippen molar-refractivity contribution < 1.29 is 14.4 Å². The zero-order valence-electron chi connectivity index (χ0n) is 15.5. The Labute approximate surface area is 153 Å². The first-order valence-corrected chi connectivity index (χ1v) is 9.04. The lowest BCUT2D eigenvalue weighted by atomic mass is 9.88. The van der Waals surface area contributed by atoms with Crippen molar-refractivity contribution in [3.8, 4) is 0 Å². The van der Waals surface area contributed by atoms with Crippen LogP contribution in [0.25, 0.3) is 0 Å². The van der Waals surface area contributed by atoms with Gasteiger partial charge in [-0.3, -0.25) is 14.5 Å². The van der Waals surface area contributed by atoms with Crippen LogP contribution < -0.4 is 16.0 Å². The highest BCUT2D eigenvalue weighted by molar-refractivity contribution is 6.09. The second-order valence-electron chi connectivity index (χ2n) is 7.30. The maximum atomic E-state index is 12.7. The summed E-state index contributed by atoms with van der Waals surface area (Å²) in [6.45, 7) is 7.00. The molecule has 2 fully saturated rings. The van der Waals surface area contributed by atoms with Crippen LogP contribution in [0.5, 0.6) is 0 Å². The number of imide groups is 1. The molecule has 1 aromatic rings. The van der Waals surface area contributed by atoms with Crippen molar-refractivity contribution in [1.29, 1.82) is 0 Å². The first-order valence-electron chi connectivity index (χ1n) is 9.04. The lowest BCUT2D eigenvalue weighted by Gasteiger charge is -2.31. The van der Waals surface area contributed by atoms with E-state index in [9.17, 15) is 14.4 Å². The number of aryl methyl sites for hydroxylation is 2. The van der Waals surface area contributed by atoms with E-state index in [2.05, 4.69) is 16.0 Å². The van der Waals surface area contributed by atoms with Crippen LogP contribution in [-0.4, -0.2) is 47.9 Å². The molecule has 0 unspecified atom stereocenters. The second-order valence-corrected chi connectivity index (χ2v) is 7.30. The molecule has 3 rings (SSSR count). The largest absolute Gasteiger partial charge is 0.348 e. The summed E-state index contributed by atoms with van der Waals surface area (Å²) in [7, 11) is 0. The summed E-state index contributed by atoms with van der Waals surface area (Å²) in [5.74, 6) is -0.633. The number of carbonyl (C=O) groups excluding carboxylic acids is 3. The molecule has 3 N–H and O–H groups in total. The summed E-state index contributed by atoms with van der Waals surface area (Å²) in [6, 6.07) is 5.41. The van der Waals surface area contributed by atoms with Crippen LogP contribution in [0.2, 0.25) is 0 Å². The van der Waals surface area contributed by atoms with Gasteiger partial charge in [0.05, 0.1) is 6.04 Å². The number of nitrogens with zero attached hydrogens (tertiary/aromatic N) is 1. The van der Waals surface area contributed by atoms with Gasteiger partial charge >= 0.3 is 6.03 Å². The van der Waals surface area contributed by atoms with Crippen LogP contribution in [0.15, 0.2) is 18.2 Å². The molecule has 2 heterocycles. The third-order valence-corrected chi connectivity index (χ3v) is 5.28. The fourth-order valence-electron chi connectivity index (χ4n) is 3.75. The van der Waals surface area contributed by atoms with E-state index in [1.54, 1.807) is 0 Å². The minimum absolute atomic E-state index is 0.198. The Morgan fingerprint density at radius 1 is 1.27 bits per heavy atom. The van der Waals surface area contributed by atoms with E-state index in [1.807, 2.05) is 39.0 Å². The molecule has 7 heteroatoms. The lowest BCUT2D eigenvalue weighted by Crippen LogP contribution is -2.54. The number of hydrogen-bond donors (Lipinski definition) is 3. The van der Waals surface area contributed by atoms with E-state index >= 15 is 0 Å². The van der Waals surface area contributed by atoms with Crippen LogP contribution in [0.1, 0.15) is 42.5 Å². The molecule has 0 radical (unpaired) electrons. The van der Waals surface area contributed by atoms with Crippen molar-refractivity contribution in [2.45, 2.75) is 45.2 Å². The number of rotatable bonds is 4. The molecular weight excluding hydrogens is 332 g/mol. The number of hydrogen-bond acceptors (Lipinski definition) is 4. The lowest BCUT2D eigenvalue weighted by molar-refractivity contribution is -0.135. The van der Waals surface area contributed by atoms with Gasteiger partial charge in [0.1, 0.15) is 12.1 Å². The molecule has 0 aromatic heterocycles. The Bertz CT molecular complexity index is 740. The molecule has 2 saturated heterocycles. The van der Waals surface area contributed by atoms with Gasteiger partial charge in [-0.2, -0.15) is 0 Å². The number of carbonyl (C=O) groups is 3. The molecule has 7 nitrogen and oxygen atoms in total. The summed E-state index contributed by atoms with van der Waals surface area (Å²) in [5.41, 5.74) is 2.40. The minimum Gasteiger partial charge on any atom is -0.348 e. The molecule has 2 aliphatic heterocycles. The molecular formula is C19H26N4O3.